The van der Waals surface area contributed by atoms with Crippen LogP contribution in [0.3, 0.4) is 0 Å². The summed E-state index contributed by atoms with van der Waals surface area (Å²) in [6, 6.07) is 0. The molecule has 0 atom stereocenters. The Kier molecular flexibility index (Phi) is 1.25. The molecule has 0 aromatic carbocycles. The van der Waals surface area contributed by atoms with Gasteiger partial charge in [-0.2, -0.15) is 5.10 Å². The average molecular weight is 177 g/mol. The lowest BCUT2D eigenvalue weighted by atomic mass is 10.1. The molecule has 0 radical (unpaired) electrons. The maximum Gasteiger partial charge on any atom is 0.0660 e. The first kappa shape index (κ1) is 7.56. The van der Waals surface area contributed by atoms with Crippen LogP contribution in [0.4, 0.5) is 0 Å². The molecule has 1 heterocycles. The van der Waals surface area contributed by atoms with Crippen LogP contribution in [0.2, 0.25) is 0 Å². The number of nitrogens with zero attached hydrogens (tertiary/aromatic N) is 2. The third-order valence-corrected chi connectivity index (χ3v) is 3.33. The van der Waals surface area contributed by atoms with Crippen molar-refractivity contribution in [1.82, 2.24) is 9.78 Å². The number of nitrogens with two attached hydrogens (primary N) is 1. The van der Waals surface area contributed by atoms with Crippen molar-refractivity contribution >= 4 is 0 Å². The predicted octanol–water partition coefficient (Wildman–Crippen LogP) is 0.857. The van der Waals surface area contributed by atoms with E-state index in [-0.39, 0.29) is 5.54 Å². The molecule has 2 N–H and O–H groups in total. The highest BCUT2D eigenvalue weighted by molar-refractivity contribution is 5.38. The molecule has 0 bridgehead atoms. The van der Waals surface area contributed by atoms with Crippen LogP contribution in [-0.2, 0) is 25.4 Å². The van der Waals surface area contributed by atoms with E-state index in [4.69, 9.17) is 5.73 Å². The first-order chi connectivity index (χ1) is 6.21. The SMILES string of the molecule is Cn1nc2c(c1C1(N)CC1)CCC2. The number of aryl methyl sites for hydroxylation is 2. The molecule has 1 aromatic rings. The number of hydrogen-bond donors (Lipinski definition) is 1. The maximum atomic E-state index is 6.23. The van der Waals surface area contributed by atoms with Crippen molar-refractivity contribution < 1.29 is 0 Å². The zero-order valence-electron chi connectivity index (χ0n) is 8.01. The van der Waals surface area contributed by atoms with Gasteiger partial charge in [0, 0.05) is 7.05 Å². The molecule has 13 heavy (non-hydrogen) atoms. The standard InChI is InChI=1S/C10H15N3/c1-13-9(10(11)5-6-10)7-3-2-4-8(7)12-13/h2-6,11H2,1H3. The number of aromatic nitrogens is 2. The summed E-state index contributed by atoms with van der Waals surface area (Å²) in [5.74, 6) is 0. The van der Waals surface area contributed by atoms with Gasteiger partial charge in [0.05, 0.1) is 16.9 Å². The summed E-state index contributed by atoms with van der Waals surface area (Å²) in [5.41, 5.74) is 10.3. The van der Waals surface area contributed by atoms with E-state index in [1.165, 1.54) is 29.8 Å². The fourth-order valence-corrected chi connectivity index (χ4v) is 2.51. The minimum atomic E-state index is -0.0142. The molecule has 0 unspecified atom stereocenters. The van der Waals surface area contributed by atoms with E-state index in [1.54, 1.807) is 0 Å². The minimum Gasteiger partial charge on any atom is -0.320 e. The van der Waals surface area contributed by atoms with Gasteiger partial charge in [-0.3, -0.25) is 4.68 Å². The van der Waals surface area contributed by atoms with Crippen LogP contribution in [-0.4, -0.2) is 9.78 Å². The molecule has 70 valence electrons. The highest BCUT2D eigenvalue weighted by atomic mass is 15.3. The second-order valence-electron chi connectivity index (χ2n) is 4.41. The third kappa shape index (κ3) is 0.908. The normalized spacial score (nSPS) is 23.2. The first-order valence-corrected chi connectivity index (χ1v) is 5.05. The summed E-state index contributed by atoms with van der Waals surface area (Å²) in [4.78, 5) is 0. The van der Waals surface area contributed by atoms with Crippen molar-refractivity contribution in [2.75, 3.05) is 0 Å². The smallest absolute Gasteiger partial charge is 0.0660 e. The van der Waals surface area contributed by atoms with Crippen molar-refractivity contribution in [2.45, 2.75) is 37.6 Å². The monoisotopic (exact) mass is 177 g/mol. The van der Waals surface area contributed by atoms with E-state index in [1.807, 2.05) is 11.7 Å². The summed E-state index contributed by atoms with van der Waals surface area (Å²) >= 11 is 0. The van der Waals surface area contributed by atoms with Crippen molar-refractivity contribution in [1.29, 1.82) is 0 Å². The molecule has 0 aliphatic heterocycles. The van der Waals surface area contributed by atoms with Crippen LogP contribution in [0.5, 0.6) is 0 Å². The van der Waals surface area contributed by atoms with E-state index >= 15 is 0 Å². The summed E-state index contributed by atoms with van der Waals surface area (Å²) in [6.07, 6.45) is 5.89. The van der Waals surface area contributed by atoms with Gasteiger partial charge in [-0.15, -0.1) is 0 Å². The van der Waals surface area contributed by atoms with Crippen LogP contribution >= 0.6 is 0 Å². The Bertz CT molecular complexity index is 360. The molecule has 1 saturated carbocycles. The Labute approximate surface area is 77.9 Å². The second kappa shape index (κ2) is 2.15. The van der Waals surface area contributed by atoms with Crippen LogP contribution in [0.25, 0.3) is 0 Å². The zero-order valence-corrected chi connectivity index (χ0v) is 8.01. The Balaban J connectivity index is 2.17. The summed E-state index contributed by atoms with van der Waals surface area (Å²) in [7, 11) is 2.03. The quantitative estimate of drug-likeness (QED) is 0.691. The fraction of sp³-hybridized carbons (Fsp3) is 0.700. The summed E-state index contributed by atoms with van der Waals surface area (Å²) in [5, 5.41) is 4.53. The average Bonchev–Trinajstić information content (AvgIpc) is 2.55. The predicted molar refractivity (Wildman–Crippen MR) is 50.3 cm³/mol. The fourth-order valence-electron chi connectivity index (χ4n) is 2.51. The Morgan fingerprint density at radius 2 is 2.15 bits per heavy atom. The van der Waals surface area contributed by atoms with Gasteiger partial charge in [-0.05, 0) is 37.7 Å². The Hall–Kier alpha value is -0.830. The molecule has 2 aliphatic carbocycles. The van der Waals surface area contributed by atoms with Crippen LogP contribution in [0.15, 0.2) is 0 Å². The van der Waals surface area contributed by atoms with Gasteiger partial charge in [0.25, 0.3) is 0 Å². The van der Waals surface area contributed by atoms with Gasteiger partial charge in [-0.25, -0.2) is 0 Å². The molecule has 3 heteroatoms. The van der Waals surface area contributed by atoms with Crippen molar-refractivity contribution in [3.8, 4) is 0 Å². The number of hydrogen-bond acceptors (Lipinski definition) is 2. The van der Waals surface area contributed by atoms with Crippen LogP contribution < -0.4 is 5.73 Å². The number of rotatable bonds is 1. The van der Waals surface area contributed by atoms with Crippen molar-refractivity contribution in [3.05, 3.63) is 17.0 Å². The summed E-state index contributed by atoms with van der Waals surface area (Å²) < 4.78 is 2.01. The lowest BCUT2D eigenvalue weighted by molar-refractivity contribution is 0.599. The van der Waals surface area contributed by atoms with Gasteiger partial charge in [0.15, 0.2) is 0 Å². The largest absolute Gasteiger partial charge is 0.320 e. The summed E-state index contributed by atoms with van der Waals surface area (Å²) in [6.45, 7) is 0. The zero-order chi connectivity index (χ0) is 9.05. The lowest BCUT2D eigenvalue weighted by Crippen LogP contribution is -2.23. The van der Waals surface area contributed by atoms with Crippen LogP contribution in [0, 0.1) is 0 Å². The molecule has 0 saturated heterocycles. The van der Waals surface area contributed by atoms with Crippen LogP contribution in [0.1, 0.15) is 36.2 Å². The van der Waals surface area contributed by atoms with Gasteiger partial charge < -0.3 is 5.73 Å². The second-order valence-corrected chi connectivity index (χ2v) is 4.41. The first-order valence-electron chi connectivity index (χ1n) is 5.05. The van der Waals surface area contributed by atoms with E-state index in [2.05, 4.69) is 5.10 Å². The lowest BCUT2D eigenvalue weighted by Gasteiger charge is -2.11. The molecule has 3 rings (SSSR count). The van der Waals surface area contributed by atoms with Gasteiger partial charge in [0.1, 0.15) is 0 Å². The molecule has 1 aromatic heterocycles. The highest BCUT2D eigenvalue weighted by Gasteiger charge is 2.45. The maximum absolute atomic E-state index is 6.23. The Morgan fingerprint density at radius 1 is 1.38 bits per heavy atom. The van der Waals surface area contributed by atoms with E-state index < -0.39 is 0 Å². The van der Waals surface area contributed by atoms with Crippen molar-refractivity contribution in [2.24, 2.45) is 12.8 Å². The van der Waals surface area contributed by atoms with Gasteiger partial charge >= 0.3 is 0 Å². The van der Waals surface area contributed by atoms with Gasteiger partial charge in [0.2, 0.25) is 0 Å². The highest BCUT2D eigenvalue weighted by Crippen LogP contribution is 2.45. The topological polar surface area (TPSA) is 43.8 Å². The number of fused-ring (bicyclic) bond motifs is 1. The minimum absolute atomic E-state index is 0.0142. The molecule has 0 amide bonds. The molecule has 0 spiro atoms. The molecular formula is C10H15N3. The molecule has 1 fully saturated rings. The molecular weight excluding hydrogens is 162 g/mol. The third-order valence-electron chi connectivity index (χ3n) is 3.33. The van der Waals surface area contributed by atoms with E-state index in [0.29, 0.717) is 0 Å². The molecule has 2 aliphatic rings. The van der Waals surface area contributed by atoms with Gasteiger partial charge in [-0.1, -0.05) is 0 Å². The van der Waals surface area contributed by atoms with E-state index in [0.717, 1.165) is 19.3 Å². The Morgan fingerprint density at radius 3 is 2.85 bits per heavy atom. The van der Waals surface area contributed by atoms with Crippen molar-refractivity contribution in [3.63, 3.8) is 0 Å². The molecule has 3 nitrogen and oxygen atoms in total. The van der Waals surface area contributed by atoms with E-state index in [9.17, 15) is 0 Å².